The summed E-state index contributed by atoms with van der Waals surface area (Å²) >= 11 is 0. The van der Waals surface area contributed by atoms with Crippen molar-refractivity contribution in [3.8, 4) is 0 Å². The van der Waals surface area contributed by atoms with Crippen LogP contribution in [0.1, 0.15) is 32.1 Å². The van der Waals surface area contributed by atoms with Crippen LogP contribution in [0.15, 0.2) is 0 Å². The Labute approximate surface area is 91.3 Å². The number of ether oxygens (including phenoxy) is 2. The number of methoxy groups -OCH3 is 1. The average Bonchev–Trinajstić information content (AvgIpc) is 2.75. The Hall–Kier alpha value is -0.610. The molecule has 0 aliphatic heterocycles. The van der Waals surface area contributed by atoms with Gasteiger partial charge < -0.3 is 14.8 Å². The quantitative estimate of drug-likeness (QED) is 0.510. The number of hydrogen-bond donors (Lipinski definition) is 1. The number of rotatable bonds is 7. The number of esters is 1. The van der Waals surface area contributed by atoms with Crippen LogP contribution in [0.4, 0.5) is 0 Å². The van der Waals surface area contributed by atoms with Crippen LogP contribution in [0.3, 0.4) is 0 Å². The van der Waals surface area contributed by atoms with E-state index in [9.17, 15) is 4.79 Å². The van der Waals surface area contributed by atoms with Gasteiger partial charge in [0.25, 0.3) is 0 Å². The van der Waals surface area contributed by atoms with Crippen molar-refractivity contribution in [2.75, 3.05) is 26.8 Å². The highest BCUT2D eigenvalue weighted by molar-refractivity contribution is 5.69. The topological polar surface area (TPSA) is 47.6 Å². The molecule has 1 aliphatic carbocycles. The van der Waals surface area contributed by atoms with E-state index in [0.717, 1.165) is 13.2 Å². The fourth-order valence-corrected chi connectivity index (χ4v) is 1.77. The summed E-state index contributed by atoms with van der Waals surface area (Å²) in [6.45, 7) is 2.22. The first-order chi connectivity index (χ1) is 7.33. The third kappa shape index (κ3) is 5.74. The maximum atomic E-state index is 10.8. The van der Waals surface area contributed by atoms with Gasteiger partial charge in [0.2, 0.25) is 0 Å². The average molecular weight is 215 g/mol. The van der Waals surface area contributed by atoms with Crippen LogP contribution in [0.25, 0.3) is 0 Å². The second-order valence-electron chi connectivity index (χ2n) is 3.85. The maximum Gasteiger partial charge on any atom is 0.306 e. The Morgan fingerprint density at radius 1 is 1.33 bits per heavy atom. The van der Waals surface area contributed by atoms with Crippen LogP contribution in [0, 0.1) is 0 Å². The molecule has 1 saturated carbocycles. The fraction of sp³-hybridized carbons (Fsp3) is 0.909. The third-order valence-corrected chi connectivity index (χ3v) is 2.67. The Kier molecular flexibility index (Phi) is 6.36. The molecule has 4 heteroatoms. The monoisotopic (exact) mass is 215 g/mol. The second-order valence-corrected chi connectivity index (χ2v) is 3.85. The lowest BCUT2D eigenvalue weighted by molar-refractivity contribution is -0.140. The summed E-state index contributed by atoms with van der Waals surface area (Å²) in [7, 11) is 1.41. The maximum absolute atomic E-state index is 10.8. The Morgan fingerprint density at radius 2 is 2.07 bits per heavy atom. The van der Waals surface area contributed by atoms with Crippen LogP contribution in [-0.2, 0) is 14.3 Å². The predicted octanol–water partition coefficient (Wildman–Crippen LogP) is 1.10. The lowest BCUT2D eigenvalue weighted by Crippen LogP contribution is -2.24. The van der Waals surface area contributed by atoms with Gasteiger partial charge in [0.05, 0.1) is 26.2 Å². The highest BCUT2D eigenvalue weighted by Gasteiger charge is 2.14. The van der Waals surface area contributed by atoms with Gasteiger partial charge in [0, 0.05) is 13.1 Å². The molecule has 0 atom stereocenters. The zero-order chi connectivity index (χ0) is 10.9. The number of carbonyl (C=O) groups is 1. The number of nitrogens with one attached hydrogen (secondary N) is 1. The molecule has 0 bridgehead atoms. The second kappa shape index (κ2) is 7.65. The lowest BCUT2D eigenvalue weighted by Gasteiger charge is -2.11. The van der Waals surface area contributed by atoms with Crippen LogP contribution in [0.2, 0.25) is 0 Å². The first-order valence-corrected chi connectivity index (χ1v) is 5.72. The first-order valence-electron chi connectivity index (χ1n) is 5.72. The molecule has 1 N–H and O–H groups in total. The molecular weight excluding hydrogens is 194 g/mol. The van der Waals surface area contributed by atoms with Gasteiger partial charge in [-0.2, -0.15) is 0 Å². The van der Waals surface area contributed by atoms with E-state index in [1.807, 2.05) is 0 Å². The minimum atomic E-state index is -0.167. The molecule has 0 saturated heterocycles. The van der Waals surface area contributed by atoms with Crippen molar-refractivity contribution in [2.45, 2.75) is 38.2 Å². The molecule has 0 unspecified atom stereocenters. The van der Waals surface area contributed by atoms with E-state index in [1.54, 1.807) is 0 Å². The van der Waals surface area contributed by atoms with Crippen molar-refractivity contribution < 1.29 is 14.3 Å². The van der Waals surface area contributed by atoms with Crippen LogP contribution < -0.4 is 5.32 Å². The SMILES string of the molecule is COC(=O)CCNCCOC1CCCC1. The van der Waals surface area contributed by atoms with Crippen LogP contribution in [0.5, 0.6) is 0 Å². The largest absolute Gasteiger partial charge is 0.469 e. The Bertz CT molecular complexity index is 179. The summed E-state index contributed by atoms with van der Waals surface area (Å²) in [6.07, 6.45) is 5.94. The Balaban J connectivity index is 1.82. The zero-order valence-corrected chi connectivity index (χ0v) is 9.46. The Morgan fingerprint density at radius 3 is 2.73 bits per heavy atom. The standard InChI is InChI=1S/C11H21NO3/c1-14-11(13)6-7-12-8-9-15-10-4-2-3-5-10/h10,12H,2-9H2,1H3. The van der Waals surface area contributed by atoms with Crippen molar-refractivity contribution in [2.24, 2.45) is 0 Å². The van der Waals surface area contributed by atoms with Gasteiger partial charge in [-0.15, -0.1) is 0 Å². The smallest absolute Gasteiger partial charge is 0.306 e. The van der Waals surface area contributed by atoms with Crippen molar-refractivity contribution in [1.82, 2.24) is 5.32 Å². The summed E-state index contributed by atoms with van der Waals surface area (Å²) in [6, 6.07) is 0. The summed E-state index contributed by atoms with van der Waals surface area (Å²) in [5.74, 6) is -0.167. The molecular formula is C11H21NO3. The van der Waals surface area contributed by atoms with Crippen LogP contribution in [-0.4, -0.2) is 38.9 Å². The zero-order valence-electron chi connectivity index (χ0n) is 9.46. The molecule has 0 aromatic heterocycles. The van der Waals surface area contributed by atoms with Gasteiger partial charge in [-0.25, -0.2) is 0 Å². The molecule has 0 radical (unpaired) electrons. The predicted molar refractivity (Wildman–Crippen MR) is 57.7 cm³/mol. The van der Waals surface area contributed by atoms with Gasteiger partial charge in [0.15, 0.2) is 0 Å². The molecule has 15 heavy (non-hydrogen) atoms. The molecule has 0 heterocycles. The summed E-state index contributed by atoms with van der Waals surface area (Å²) in [4.78, 5) is 10.8. The first kappa shape index (κ1) is 12.5. The van der Waals surface area contributed by atoms with Gasteiger partial charge in [-0.05, 0) is 12.8 Å². The molecule has 1 fully saturated rings. The fourth-order valence-electron chi connectivity index (χ4n) is 1.77. The van der Waals surface area contributed by atoms with E-state index >= 15 is 0 Å². The van der Waals surface area contributed by atoms with E-state index in [4.69, 9.17) is 4.74 Å². The van der Waals surface area contributed by atoms with E-state index in [2.05, 4.69) is 10.1 Å². The van der Waals surface area contributed by atoms with Gasteiger partial charge in [-0.3, -0.25) is 4.79 Å². The van der Waals surface area contributed by atoms with Gasteiger partial charge in [-0.1, -0.05) is 12.8 Å². The van der Waals surface area contributed by atoms with Crippen molar-refractivity contribution in [3.63, 3.8) is 0 Å². The van der Waals surface area contributed by atoms with E-state index in [1.165, 1.54) is 32.8 Å². The molecule has 0 aromatic carbocycles. The normalized spacial score (nSPS) is 16.9. The third-order valence-electron chi connectivity index (χ3n) is 2.67. The highest BCUT2D eigenvalue weighted by atomic mass is 16.5. The minimum Gasteiger partial charge on any atom is -0.469 e. The minimum absolute atomic E-state index is 0.167. The number of hydrogen-bond acceptors (Lipinski definition) is 4. The van der Waals surface area contributed by atoms with Gasteiger partial charge in [0.1, 0.15) is 0 Å². The molecule has 88 valence electrons. The van der Waals surface area contributed by atoms with Crippen molar-refractivity contribution >= 4 is 5.97 Å². The highest BCUT2D eigenvalue weighted by Crippen LogP contribution is 2.20. The van der Waals surface area contributed by atoms with Crippen molar-refractivity contribution in [3.05, 3.63) is 0 Å². The molecule has 0 amide bonds. The molecule has 0 spiro atoms. The van der Waals surface area contributed by atoms with E-state index in [-0.39, 0.29) is 5.97 Å². The summed E-state index contributed by atoms with van der Waals surface area (Å²) < 4.78 is 10.2. The molecule has 1 aliphatic rings. The summed E-state index contributed by atoms with van der Waals surface area (Å²) in [5.41, 5.74) is 0. The number of carbonyl (C=O) groups excluding carboxylic acids is 1. The van der Waals surface area contributed by atoms with Crippen LogP contribution >= 0.6 is 0 Å². The van der Waals surface area contributed by atoms with Gasteiger partial charge >= 0.3 is 5.97 Å². The molecule has 4 nitrogen and oxygen atoms in total. The summed E-state index contributed by atoms with van der Waals surface area (Å²) in [5, 5.41) is 3.15. The lowest BCUT2D eigenvalue weighted by atomic mass is 10.3. The van der Waals surface area contributed by atoms with E-state index < -0.39 is 0 Å². The molecule has 0 aromatic rings. The van der Waals surface area contributed by atoms with E-state index in [0.29, 0.717) is 19.1 Å². The van der Waals surface area contributed by atoms with Crippen molar-refractivity contribution in [1.29, 1.82) is 0 Å². The molecule has 1 rings (SSSR count).